The molecule has 2 aromatic heterocycles. The largest absolute Gasteiger partial charge is 0.503 e. The summed E-state index contributed by atoms with van der Waals surface area (Å²) in [7, 11) is 1.53. The van der Waals surface area contributed by atoms with Gasteiger partial charge in [0, 0.05) is 5.39 Å². The molecular weight excluding hydrogens is 588 g/mol. The molecule has 1 amide bonds. The Morgan fingerprint density at radius 1 is 0.978 bits per heavy atom. The first-order valence-electron chi connectivity index (χ1n) is 14.3. The van der Waals surface area contributed by atoms with Crippen molar-refractivity contribution >= 4 is 49.3 Å². The zero-order valence-corrected chi connectivity index (χ0v) is 25.6. The van der Waals surface area contributed by atoms with Crippen molar-refractivity contribution < 1.29 is 28.6 Å². The number of aromatic nitrogens is 1. The molecular formula is C36H28N2O6S. The molecule has 1 aliphatic heterocycles. The number of methoxy groups -OCH3 is 1. The minimum atomic E-state index is -1.02. The fourth-order valence-corrected chi connectivity index (χ4v) is 6.92. The summed E-state index contributed by atoms with van der Waals surface area (Å²) < 4.78 is 18.5. The Hall–Kier alpha value is -5.41. The van der Waals surface area contributed by atoms with Crippen LogP contribution in [0.25, 0.3) is 21.2 Å². The van der Waals surface area contributed by atoms with E-state index >= 15 is 0 Å². The average Bonchev–Trinajstić information content (AvgIpc) is 3.74. The van der Waals surface area contributed by atoms with Crippen molar-refractivity contribution in [2.75, 3.05) is 12.0 Å². The van der Waals surface area contributed by atoms with Crippen molar-refractivity contribution in [3.05, 3.63) is 130 Å². The quantitative estimate of drug-likeness (QED) is 0.173. The number of para-hydroxylation sites is 1. The predicted octanol–water partition coefficient (Wildman–Crippen LogP) is 8.03. The molecule has 6 aromatic rings. The Bertz CT molecular complexity index is 2110. The molecule has 224 valence electrons. The van der Waals surface area contributed by atoms with E-state index in [4.69, 9.17) is 18.9 Å². The third-order valence-corrected chi connectivity index (χ3v) is 8.87. The molecule has 3 heterocycles. The van der Waals surface area contributed by atoms with Gasteiger partial charge in [-0.3, -0.25) is 14.5 Å². The SMILES string of the molecule is COc1cc(C2C(C(=O)c3cc4ccccc4o3)=C(O)C(=O)N2c2nc3c(C)cc(C)cc3s2)ccc1OCc1ccccc1. The van der Waals surface area contributed by atoms with Crippen LogP contribution in [0.3, 0.4) is 0 Å². The van der Waals surface area contributed by atoms with Gasteiger partial charge in [-0.1, -0.05) is 72.0 Å². The number of carbonyl (C=O) groups excluding carboxylic acids is 2. The van der Waals surface area contributed by atoms with Gasteiger partial charge >= 0.3 is 0 Å². The maximum Gasteiger partial charge on any atom is 0.296 e. The van der Waals surface area contributed by atoms with Crippen LogP contribution in [0.15, 0.2) is 107 Å². The fourth-order valence-electron chi connectivity index (χ4n) is 5.75. The Labute approximate surface area is 262 Å². The number of aliphatic hydroxyl groups is 1. The van der Waals surface area contributed by atoms with Crippen molar-refractivity contribution in [3.63, 3.8) is 0 Å². The number of ether oxygens (including phenoxy) is 2. The molecule has 0 radical (unpaired) electrons. The molecule has 7 rings (SSSR count). The minimum absolute atomic E-state index is 0.0166. The molecule has 0 aliphatic carbocycles. The van der Waals surface area contributed by atoms with Gasteiger partial charge in [-0.15, -0.1) is 0 Å². The number of benzene rings is 4. The molecule has 1 atom stereocenters. The van der Waals surface area contributed by atoms with Crippen LogP contribution >= 0.6 is 11.3 Å². The number of thiazole rings is 1. The molecule has 0 saturated carbocycles. The standard InChI is InChI=1S/C36H28N2O6S/c1-20-15-21(2)31-29(16-20)45-36(37-31)38-32(24-13-14-26(27(18-24)42-3)43-19-22-9-5-4-6-10-22)30(34(40)35(38)41)33(39)28-17-23-11-7-8-12-25(23)44-28/h4-18,32,40H,19H2,1-3H3. The van der Waals surface area contributed by atoms with Crippen LogP contribution in [-0.4, -0.2) is 28.9 Å². The van der Waals surface area contributed by atoms with Crippen molar-refractivity contribution in [1.29, 1.82) is 0 Å². The highest BCUT2D eigenvalue weighted by molar-refractivity contribution is 7.22. The summed E-state index contributed by atoms with van der Waals surface area (Å²) in [6, 6.07) is 26.9. The highest BCUT2D eigenvalue weighted by Crippen LogP contribution is 2.46. The number of nitrogens with zero attached hydrogens (tertiary/aromatic N) is 2. The van der Waals surface area contributed by atoms with Gasteiger partial charge in [-0.05, 0) is 66.4 Å². The Kier molecular flexibility index (Phi) is 7.10. The molecule has 0 saturated heterocycles. The van der Waals surface area contributed by atoms with E-state index in [1.165, 1.54) is 23.3 Å². The smallest absolute Gasteiger partial charge is 0.296 e. The summed E-state index contributed by atoms with van der Waals surface area (Å²) in [6.07, 6.45) is 0. The number of aliphatic hydroxyl groups excluding tert-OH is 1. The lowest BCUT2D eigenvalue weighted by atomic mass is 9.95. The van der Waals surface area contributed by atoms with E-state index < -0.39 is 23.5 Å². The average molecular weight is 617 g/mol. The normalized spacial score (nSPS) is 15.0. The van der Waals surface area contributed by atoms with E-state index in [9.17, 15) is 14.7 Å². The number of fused-ring (bicyclic) bond motifs is 2. The first-order valence-corrected chi connectivity index (χ1v) is 15.2. The highest BCUT2D eigenvalue weighted by atomic mass is 32.1. The monoisotopic (exact) mass is 616 g/mol. The number of aryl methyl sites for hydroxylation is 2. The van der Waals surface area contributed by atoms with Crippen LogP contribution in [0, 0.1) is 13.8 Å². The molecule has 4 aromatic carbocycles. The summed E-state index contributed by atoms with van der Waals surface area (Å²) in [4.78, 5) is 34.2. The van der Waals surface area contributed by atoms with Gasteiger partial charge in [0.25, 0.3) is 5.91 Å². The van der Waals surface area contributed by atoms with Gasteiger partial charge in [0.1, 0.15) is 12.2 Å². The van der Waals surface area contributed by atoms with Crippen molar-refractivity contribution in [2.24, 2.45) is 0 Å². The summed E-state index contributed by atoms with van der Waals surface area (Å²) in [5, 5.41) is 12.4. The lowest BCUT2D eigenvalue weighted by Gasteiger charge is -2.25. The topological polar surface area (TPSA) is 102 Å². The van der Waals surface area contributed by atoms with E-state index in [0.29, 0.717) is 34.4 Å². The van der Waals surface area contributed by atoms with Crippen molar-refractivity contribution in [2.45, 2.75) is 26.5 Å². The van der Waals surface area contributed by atoms with Gasteiger partial charge in [0.2, 0.25) is 5.78 Å². The molecule has 8 nitrogen and oxygen atoms in total. The van der Waals surface area contributed by atoms with E-state index in [0.717, 1.165) is 32.3 Å². The van der Waals surface area contributed by atoms with Gasteiger partial charge in [-0.25, -0.2) is 4.98 Å². The number of hydrogen-bond acceptors (Lipinski definition) is 8. The zero-order valence-electron chi connectivity index (χ0n) is 24.7. The van der Waals surface area contributed by atoms with E-state index in [1.54, 1.807) is 30.3 Å². The number of ketones is 1. The molecule has 1 aliphatic rings. The first-order chi connectivity index (χ1) is 21.8. The molecule has 0 bridgehead atoms. The molecule has 1 unspecified atom stereocenters. The Morgan fingerprint density at radius 3 is 2.53 bits per heavy atom. The first kappa shape index (κ1) is 28.4. The lowest BCUT2D eigenvalue weighted by Crippen LogP contribution is -2.31. The van der Waals surface area contributed by atoms with Gasteiger partial charge < -0.3 is 19.0 Å². The van der Waals surface area contributed by atoms with E-state index in [1.807, 2.05) is 74.5 Å². The molecule has 9 heteroatoms. The maximum absolute atomic E-state index is 14.1. The van der Waals surface area contributed by atoms with Gasteiger partial charge in [0.05, 0.1) is 28.9 Å². The number of Topliss-reactive ketones (excluding diaryl/α,β-unsaturated/α-hetero) is 1. The third-order valence-electron chi connectivity index (χ3n) is 7.87. The number of furan rings is 1. The summed E-state index contributed by atoms with van der Waals surface area (Å²) >= 11 is 1.32. The van der Waals surface area contributed by atoms with Crippen LogP contribution in [0.4, 0.5) is 5.13 Å². The Morgan fingerprint density at radius 2 is 1.76 bits per heavy atom. The summed E-state index contributed by atoms with van der Waals surface area (Å²) in [5.41, 5.74) is 4.73. The van der Waals surface area contributed by atoms with Crippen molar-refractivity contribution in [3.8, 4) is 11.5 Å². The summed E-state index contributed by atoms with van der Waals surface area (Å²) in [5.74, 6) is -1.06. The van der Waals surface area contributed by atoms with E-state index in [-0.39, 0.29) is 11.3 Å². The number of carbonyl (C=O) groups is 2. The molecule has 0 spiro atoms. The minimum Gasteiger partial charge on any atom is -0.503 e. The van der Waals surface area contributed by atoms with Crippen LogP contribution in [-0.2, 0) is 11.4 Å². The molecule has 1 N–H and O–H groups in total. The number of hydrogen-bond donors (Lipinski definition) is 1. The van der Waals surface area contributed by atoms with Crippen LogP contribution < -0.4 is 14.4 Å². The second-order valence-electron chi connectivity index (χ2n) is 10.9. The lowest BCUT2D eigenvalue weighted by molar-refractivity contribution is -0.117. The maximum atomic E-state index is 14.1. The molecule has 0 fully saturated rings. The highest BCUT2D eigenvalue weighted by Gasteiger charge is 2.47. The Balaban J connectivity index is 1.34. The van der Waals surface area contributed by atoms with Crippen LogP contribution in [0.1, 0.15) is 38.9 Å². The second kappa shape index (κ2) is 11.3. The zero-order chi connectivity index (χ0) is 31.2. The van der Waals surface area contributed by atoms with E-state index in [2.05, 4.69) is 0 Å². The fraction of sp³-hybridized carbons (Fsp3) is 0.139. The number of amides is 1. The molecule has 45 heavy (non-hydrogen) atoms. The third kappa shape index (κ3) is 5.01. The number of rotatable bonds is 8. The number of anilines is 1. The second-order valence-corrected chi connectivity index (χ2v) is 11.9. The van der Waals surface area contributed by atoms with Gasteiger partial charge in [0.15, 0.2) is 28.1 Å². The van der Waals surface area contributed by atoms with Crippen LogP contribution in [0.5, 0.6) is 11.5 Å². The van der Waals surface area contributed by atoms with Gasteiger partial charge in [-0.2, -0.15) is 0 Å². The van der Waals surface area contributed by atoms with Crippen molar-refractivity contribution in [1.82, 2.24) is 4.98 Å². The predicted molar refractivity (Wildman–Crippen MR) is 173 cm³/mol. The summed E-state index contributed by atoms with van der Waals surface area (Å²) in [6.45, 7) is 4.29. The van der Waals surface area contributed by atoms with Crippen LogP contribution in [0.2, 0.25) is 0 Å².